The predicted molar refractivity (Wildman–Crippen MR) is 72.7 cm³/mol. The monoisotopic (exact) mass is 244 g/mol. The molecule has 1 unspecified atom stereocenters. The molecule has 1 atom stereocenters. The highest BCUT2D eigenvalue weighted by Crippen LogP contribution is 2.43. The molecule has 0 saturated heterocycles. The van der Waals surface area contributed by atoms with Gasteiger partial charge < -0.3 is 10.3 Å². The molecule has 4 nitrogen and oxygen atoms in total. The van der Waals surface area contributed by atoms with Crippen molar-refractivity contribution < 1.29 is 0 Å². The maximum atomic E-state index is 5.70. The van der Waals surface area contributed by atoms with E-state index in [1.165, 1.54) is 19.3 Å². The fraction of sp³-hybridized carbons (Fsp3) is 0.429. The van der Waals surface area contributed by atoms with Gasteiger partial charge in [0.25, 0.3) is 0 Å². The van der Waals surface area contributed by atoms with Crippen LogP contribution in [0, 0.1) is 5.92 Å². The van der Waals surface area contributed by atoms with E-state index in [1.54, 1.807) is 6.33 Å². The molecular formula is C14H20N4. The second-order valence-corrected chi connectivity index (χ2v) is 4.89. The average molecular weight is 244 g/mol. The molecule has 0 spiro atoms. The first-order chi connectivity index (χ1) is 8.63. The highest BCUT2D eigenvalue weighted by atomic mass is 15.2. The second kappa shape index (κ2) is 5.21. The smallest absolute Gasteiger partial charge is 0.140 e. The standard InChI is InChI=1S/C14H20N4/c1-4-11(8-10(2)15)13(12-6-5-7-12)14-17-16-9-18(14)3/h4,8-9,12-13H,1-2,5-7,15H2,3H3/b11-8+. The van der Waals surface area contributed by atoms with E-state index in [-0.39, 0.29) is 5.92 Å². The third-order valence-corrected chi connectivity index (χ3v) is 3.59. The van der Waals surface area contributed by atoms with Crippen LogP contribution in [0.5, 0.6) is 0 Å². The van der Waals surface area contributed by atoms with E-state index in [1.807, 2.05) is 23.8 Å². The summed E-state index contributed by atoms with van der Waals surface area (Å²) in [5.41, 5.74) is 7.33. The first kappa shape index (κ1) is 12.6. The second-order valence-electron chi connectivity index (χ2n) is 4.89. The molecule has 18 heavy (non-hydrogen) atoms. The minimum atomic E-state index is 0.226. The Balaban J connectivity index is 2.39. The molecule has 0 aliphatic heterocycles. The highest BCUT2D eigenvalue weighted by Gasteiger charge is 2.33. The average Bonchev–Trinajstić information content (AvgIpc) is 2.66. The summed E-state index contributed by atoms with van der Waals surface area (Å²) in [6.45, 7) is 7.64. The molecule has 1 aromatic heterocycles. The van der Waals surface area contributed by atoms with Crippen LogP contribution in [0.4, 0.5) is 0 Å². The van der Waals surface area contributed by atoms with E-state index >= 15 is 0 Å². The summed E-state index contributed by atoms with van der Waals surface area (Å²) in [4.78, 5) is 0. The topological polar surface area (TPSA) is 56.7 Å². The Hall–Kier alpha value is -1.84. The molecule has 1 aliphatic carbocycles. The molecule has 1 aliphatic rings. The Labute approximate surface area is 108 Å². The third-order valence-electron chi connectivity index (χ3n) is 3.59. The molecule has 0 bridgehead atoms. The molecule has 96 valence electrons. The highest BCUT2D eigenvalue weighted by molar-refractivity contribution is 5.34. The number of hydrogen-bond acceptors (Lipinski definition) is 3. The van der Waals surface area contributed by atoms with Crippen molar-refractivity contribution in [2.75, 3.05) is 0 Å². The lowest BCUT2D eigenvalue weighted by Gasteiger charge is -2.34. The molecule has 1 heterocycles. The van der Waals surface area contributed by atoms with Crippen LogP contribution in [-0.4, -0.2) is 14.8 Å². The van der Waals surface area contributed by atoms with E-state index in [9.17, 15) is 0 Å². The van der Waals surface area contributed by atoms with Crippen molar-refractivity contribution in [3.05, 3.63) is 48.7 Å². The number of aryl methyl sites for hydroxylation is 1. The van der Waals surface area contributed by atoms with E-state index < -0.39 is 0 Å². The summed E-state index contributed by atoms with van der Waals surface area (Å²) < 4.78 is 1.97. The maximum absolute atomic E-state index is 5.70. The Morgan fingerprint density at radius 3 is 2.72 bits per heavy atom. The molecule has 2 N–H and O–H groups in total. The summed E-state index contributed by atoms with van der Waals surface area (Å²) in [7, 11) is 1.97. The van der Waals surface area contributed by atoms with Gasteiger partial charge in [-0.3, -0.25) is 0 Å². The molecule has 4 heteroatoms. The lowest BCUT2D eigenvalue weighted by atomic mass is 9.72. The van der Waals surface area contributed by atoms with Gasteiger partial charge in [0.15, 0.2) is 0 Å². The van der Waals surface area contributed by atoms with Gasteiger partial charge in [-0.15, -0.1) is 10.2 Å². The van der Waals surface area contributed by atoms with Crippen LogP contribution < -0.4 is 5.73 Å². The summed E-state index contributed by atoms with van der Waals surface area (Å²) in [6.07, 6.45) is 9.21. The van der Waals surface area contributed by atoms with Crippen molar-refractivity contribution in [2.45, 2.75) is 25.2 Å². The molecule has 0 amide bonds. The van der Waals surface area contributed by atoms with Crippen LogP contribution in [0.2, 0.25) is 0 Å². The van der Waals surface area contributed by atoms with Crippen LogP contribution in [0.25, 0.3) is 0 Å². The van der Waals surface area contributed by atoms with Crippen LogP contribution >= 0.6 is 0 Å². The SMILES string of the molecule is C=C/C(=C\C(=C)N)C(c1nncn1C)C1CCC1. The number of aromatic nitrogens is 3. The van der Waals surface area contributed by atoms with Gasteiger partial charge >= 0.3 is 0 Å². The molecule has 1 fully saturated rings. The van der Waals surface area contributed by atoms with E-state index in [0.717, 1.165) is 11.4 Å². The Bertz CT molecular complexity index is 480. The van der Waals surface area contributed by atoms with Gasteiger partial charge in [0.2, 0.25) is 0 Å². The van der Waals surface area contributed by atoms with E-state index in [4.69, 9.17) is 5.73 Å². The Kier molecular flexibility index (Phi) is 3.65. The zero-order valence-electron chi connectivity index (χ0n) is 10.8. The van der Waals surface area contributed by atoms with E-state index in [0.29, 0.717) is 11.6 Å². The van der Waals surface area contributed by atoms with Crippen molar-refractivity contribution in [1.82, 2.24) is 14.8 Å². The van der Waals surface area contributed by atoms with Crippen LogP contribution in [0.1, 0.15) is 31.0 Å². The summed E-state index contributed by atoms with van der Waals surface area (Å²) in [5, 5.41) is 8.23. The van der Waals surface area contributed by atoms with Gasteiger partial charge in [0.05, 0.1) is 0 Å². The minimum absolute atomic E-state index is 0.226. The van der Waals surface area contributed by atoms with Gasteiger partial charge in [0.1, 0.15) is 12.2 Å². The van der Waals surface area contributed by atoms with Gasteiger partial charge in [-0.1, -0.05) is 25.7 Å². The number of nitrogens with zero attached hydrogens (tertiary/aromatic N) is 3. The number of rotatable bonds is 5. The Morgan fingerprint density at radius 2 is 2.33 bits per heavy atom. The minimum Gasteiger partial charge on any atom is -0.399 e. The summed E-state index contributed by atoms with van der Waals surface area (Å²) in [6, 6.07) is 0. The van der Waals surface area contributed by atoms with Crippen molar-refractivity contribution in [3.8, 4) is 0 Å². The molecule has 0 aromatic carbocycles. The van der Waals surface area contributed by atoms with Crippen molar-refractivity contribution in [1.29, 1.82) is 0 Å². The van der Waals surface area contributed by atoms with Crippen LogP contribution in [-0.2, 0) is 7.05 Å². The van der Waals surface area contributed by atoms with Crippen molar-refractivity contribution >= 4 is 0 Å². The maximum Gasteiger partial charge on any atom is 0.140 e. The molecule has 0 radical (unpaired) electrons. The summed E-state index contributed by atoms with van der Waals surface area (Å²) in [5.74, 6) is 1.81. The predicted octanol–water partition coefficient (Wildman–Crippen LogP) is 2.28. The quantitative estimate of drug-likeness (QED) is 0.808. The lowest BCUT2D eigenvalue weighted by Crippen LogP contribution is -2.24. The van der Waals surface area contributed by atoms with Crippen molar-refractivity contribution in [2.24, 2.45) is 18.7 Å². The first-order valence-corrected chi connectivity index (χ1v) is 6.25. The Morgan fingerprint density at radius 1 is 1.61 bits per heavy atom. The van der Waals surface area contributed by atoms with Crippen LogP contribution in [0.3, 0.4) is 0 Å². The third kappa shape index (κ3) is 2.37. The van der Waals surface area contributed by atoms with Gasteiger partial charge in [-0.25, -0.2) is 0 Å². The zero-order chi connectivity index (χ0) is 13.1. The molecular weight excluding hydrogens is 224 g/mol. The van der Waals surface area contributed by atoms with Gasteiger partial charge in [-0.2, -0.15) is 0 Å². The summed E-state index contributed by atoms with van der Waals surface area (Å²) >= 11 is 0. The fourth-order valence-corrected chi connectivity index (χ4v) is 2.47. The largest absolute Gasteiger partial charge is 0.399 e. The molecule has 1 saturated carbocycles. The van der Waals surface area contributed by atoms with E-state index in [2.05, 4.69) is 23.4 Å². The number of hydrogen-bond donors (Lipinski definition) is 1. The van der Waals surface area contributed by atoms with Gasteiger partial charge in [0, 0.05) is 18.7 Å². The number of allylic oxidation sites excluding steroid dienone is 3. The fourth-order valence-electron chi connectivity index (χ4n) is 2.47. The molecule has 2 rings (SSSR count). The van der Waals surface area contributed by atoms with Crippen molar-refractivity contribution in [3.63, 3.8) is 0 Å². The zero-order valence-corrected chi connectivity index (χ0v) is 10.8. The van der Waals surface area contributed by atoms with Gasteiger partial charge in [-0.05, 0) is 30.4 Å². The lowest BCUT2D eigenvalue weighted by molar-refractivity contribution is 0.274. The normalized spacial score (nSPS) is 18.2. The molecule has 1 aromatic rings. The first-order valence-electron chi connectivity index (χ1n) is 6.25. The number of nitrogens with two attached hydrogens (primary N) is 1. The van der Waals surface area contributed by atoms with Crippen LogP contribution in [0.15, 0.2) is 42.9 Å².